The molecule has 6 heteroatoms. The molecule has 1 rings (SSSR count). The average Bonchev–Trinajstić information content (AvgIpc) is 2.29. The first-order chi connectivity index (χ1) is 7.83. The number of hydrogen-bond donors (Lipinski definition) is 2. The molecule has 1 aromatic rings. The maximum absolute atomic E-state index is 12.0. The van der Waals surface area contributed by atoms with E-state index in [2.05, 4.69) is 4.72 Å². The molecule has 0 aliphatic rings. The number of aliphatic hydroxyl groups excluding tert-OH is 1. The first-order valence-corrected chi connectivity index (χ1v) is 7.09. The SMILES string of the molecule is CCC(C)(CO)NS(=O)(=O)c1ccc(Cl)cc1. The molecule has 1 atom stereocenters. The lowest BCUT2D eigenvalue weighted by molar-refractivity contribution is 0.191. The second kappa shape index (κ2) is 5.35. The summed E-state index contributed by atoms with van der Waals surface area (Å²) in [4.78, 5) is 0.134. The van der Waals surface area contributed by atoms with Crippen LogP contribution in [0.3, 0.4) is 0 Å². The largest absolute Gasteiger partial charge is 0.394 e. The summed E-state index contributed by atoms with van der Waals surface area (Å²) in [5.41, 5.74) is -0.849. The van der Waals surface area contributed by atoms with Crippen molar-refractivity contribution in [3.05, 3.63) is 29.3 Å². The van der Waals surface area contributed by atoms with Crippen LogP contribution in [0.5, 0.6) is 0 Å². The summed E-state index contributed by atoms with van der Waals surface area (Å²) in [5, 5.41) is 9.67. The highest BCUT2D eigenvalue weighted by Crippen LogP contribution is 2.17. The Labute approximate surface area is 107 Å². The lowest BCUT2D eigenvalue weighted by Gasteiger charge is -2.26. The maximum atomic E-state index is 12.0. The third kappa shape index (κ3) is 3.67. The summed E-state index contributed by atoms with van der Waals surface area (Å²) in [6.45, 7) is 3.21. The molecular formula is C11H16ClNO3S. The lowest BCUT2D eigenvalue weighted by atomic mass is 10.0. The van der Waals surface area contributed by atoms with Gasteiger partial charge in [-0.25, -0.2) is 13.1 Å². The second-order valence-electron chi connectivity index (χ2n) is 4.13. The Morgan fingerprint density at radius 1 is 1.35 bits per heavy atom. The molecule has 1 unspecified atom stereocenters. The monoisotopic (exact) mass is 277 g/mol. The average molecular weight is 278 g/mol. The lowest BCUT2D eigenvalue weighted by Crippen LogP contribution is -2.48. The Bertz CT molecular complexity index is 466. The van der Waals surface area contributed by atoms with Crippen LogP contribution in [0.4, 0.5) is 0 Å². The summed E-state index contributed by atoms with van der Waals surface area (Å²) in [6.07, 6.45) is 0.496. The zero-order chi connectivity index (χ0) is 13.1. The van der Waals surface area contributed by atoms with Crippen molar-refractivity contribution in [2.24, 2.45) is 0 Å². The molecule has 96 valence electrons. The van der Waals surface area contributed by atoms with Gasteiger partial charge in [0.05, 0.1) is 17.0 Å². The highest BCUT2D eigenvalue weighted by Gasteiger charge is 2.28. The highest BCUT2D eigenvalue weighted by atomic mass is 35.5. The Morgan fingerprint density at radius 3 is 2.29 bits per heavy atom. The summed E-state index contributed by atoms with van der Waals surface area (Å²) in [5.74, 6) is 0. The van der Waals surface area contributed by atoms with Crippen LogP contribution < -0.4 is 4.72 Å². The molecule has 0 spiro atoms. The van der Waals surface area contributed by atoms with Crippen LogP contribution in [-0.2, 0) is 10.0 Å². The van der Waals surface area contributed by atoms with Gasteiger partial charge in [-0.05, 0) is 37.6 Å². The third-order valence-corrected chi connectivity index (χ3v) is 4.54. The van der Waals surface area contributed by atoms with Crippen molar-refractivity contribution in [3.8, 4) is 0 Å². The second-order valence-corrected chi connectivity index (χ2v) is 6.25. The van der Waals surface area contributed by atoms with E-state index < -0.39 is 15.6 Å². The Balaban J connectivity index is 3.00. The fourth-order valence-corrected chi connectivity index (χ4v) is 2.81. The van der Waals surface area contributed by atoms with Crippen molar-refractivity contribution in [3.63, 3.8) is 0 Å². The van der Waals surface area contributed by atoms with E-state index in [1.165, 1.54) is 24.3 Å². The predicted molar refractivity (Wildman–Crippen MR) is 67.6 cm³/mol. The van der Waals surface area contributed by atoms with Crippen LogP contribution in [0.2, 0.25) is 5.02 Å². The van der Waals surface area contributed by atoms with Crippen molar-refractivity contribution in [1.82, 2.24) is 4.72 Å². The molecule has 0 saturated carbocycles. The molecule has 0 radical (unpaired) electrons. The van der Waals surface area contributed by atoms with E-state index in [0.717, 1.165) is 0 Å². The molecule has 0 aromatic heterocycles. The minimum atomic E-state index is -3.63. The molecule has 1 aromatic carbocycles. The van der Waals surface area contributed by atoms with E-state index in [4.69, 9.17) is 11.6 Å². The molecule has 0 heterocycles. The smallest absolute Gasteiger partial charge is 0.241 e. The summed E-state index contributed by atoms with van der Waals surface area (Å²) in [7, 11) is -3.63. The van der Waals surface area contributed by atoms with E-state index in [1.807, 2.05) is 0 Å². The van der Waals surface area contributed by atoms with Crippen LogP contribution in [0, 0.1) is 0 Å². The van der Waals surface area contributed by atoms with Crippen LogP contribution in [-0.4, -0.2) is 25.7 Å². The van der Waals surface area contributed by atoms with Crippen LogP contribution in [0.1, 0.15) is 20.3 Å². The molecule has 0 fully saturated rings. The first-order valence-electron chi connectivity index (χ1n) is 5.23. The van der Waals surface area contributed by atoms with Crippen LogP contribution in [0.15, 0.2) is 29.2 Å². The third-order valence-electron chi connectivity index (χ3n) is 2.63. The number of hydrogen-bond acceptors (Lipinski definition) is 3. The minimum absolute atomic E-state index is 0.134. The molecule has 4 nitrogen and oxygen atoms in total. The quantitative estimate of drug-likeness (QED) is 0.862. The van der Waals surface area contributed by atoms with Gasteiger partial charge in [0, 0.05) is 5.02 Å². The number of aliphatic hydroxyl groups is 1. The molecule has 2 N–H and O–H groups in total. The van der Waals surface area contributed by atoms with E-state index in [0.29, 0.717) is 11.4 Å². The number of sulfonamides is 1. The molecule has 0 bridgehead atoms. The number of halogens is 1. The Kier molecular flexibility index (Phi) is 4.55. The van der Waals surface area contributed by atoms with E-state index in [-0.39, 0.29) is 11.5 Å². The number of nitrogens with one attached hydrogen (secondary N) is 1. The summed E-state index contributed by atoms with van der Waals surface area (Å²) < 4.78 is 26.5. The molecular weight excluding hydrogens is 262 g/mol. The van der Waals surface area contributed by atoms with E-state index in [1.54, 1.807) is 13.8 Å². The Hall–Kier alpha value is -0.620. The van der Waals surface area contributed by atoms with Gasteiger partial charge >= 0.3 is 0 Å². The van der Waals surface area contributed by atoms with Gasteiger partial charge in [-0.2, -0.15) is 0 Å². The number of benzene rings is 1. The molecule has 0 amide bonds. The topological polar surface area (TPSA) is 66.4 Å². The minimum Gasteiger partial charge on any atom is -0.394 e. The van der Waals surface area contributed by atoms with Gasteiger partial charge in [0.25, 0.3) is 0 Å². The van der Waals surface area contributed by atoms with Gasteiger partial charge < -0.3 is 5.11 Å². The van der Waals surface area contributed by atoms with Crippen molar-refractivity contribution >= 4 is 21.6 Å². The Morgan fingerprint density at radius 2 is 1.88 bits per heavy atom. The predicted octanol–water partition coefficient (Wildman–Crippen LogP) is 1.78. The molecule has 0 aliphatic carbocycles. The summed E-state index contributed by atoms with van der Waals surface area (Å²) >= 11 is 5.69. The fourth-order valence-electron chi connectivity index (χ4n) is 1.21. The molecule has 0 saturated heterocycles. The van der Waals surface area contributed by atoms with Gasteiger partial charge in [0.15, 0.2) is 0 Å². The van der Waals surface area contributed by atoms with Crippen molar-refractivity contribution in [2.45, 2.75) is 30.7 Å². The summed E-state index contributed by atoms with van der Waals surface area (Å²) in [6, 6.07) is 5.88. The molecule has 0 aliphatic heterocycles. The standard InChI is InChI=1S/C11H16ClNO3S/c1-3-11(2,8-14)13-17(15,16)10-6-4-9(12)5-7-10/h4-7,13-14H,3,8H2,1-2H3. The van der Waals surface area contributed by atoms with Crippen LogP contribution >= 0.6 is 11.6 Å². The number of rotatable bonds is 5. The zero-order valence-electron chi connectivity index (χ0n) is 9.77. The van der Waals surface area contributed by atoms with Gasteiger partial charge in [0.1, 0.15) is 0 Å². The first kappa shape index (κ1) is 14.4. The van der Waals surface area contributed by atoms with Crippen LogP contribution in [0.25, 0.3) is 0 Å². The van der Waals surface area contributed by atoms with Crippen molar-refractivity contribution in [1.29, 1.82) is 0 Å². The van der Waals surface area contributed by atoms with Gasteiger partial charge in [-0.3, -0.25) is 0 Å². The highest BCUT2D eigenvalue weighted by molar-refractivity contribution is 7.89. The van der Waals surface area contributed by atoms with E-state index >= 15 is 0 Å². The van der Waals surface area contributed by atoms with Crippen molar-refractivity contribution in [2.75, 3.05) is 6.61 Å². The van der Waals surface area contributed by atoms with Gasteiger partial charge in [-0.15, -0.1) is 0 Å². The van der Waals surface area contributed by atoms with Gasteiger partial charge in [0.2, 0.25) is 10.0 Å². The van der Waals surface area contributed by atoms with E-state index in [9.17, 15) is 13.5 Å². The fraction of sp³-hybridized carbons (Fsp3) is 0.455. The molecule has 17 heavy (non-hydrogen) atoms. The zero-order valence-corrected chi connectivity index (χ0v) is 11.3. The van der Waals surface area contributed by atoms with Gasteiger partial charge in [-0.1, -0.05) is 18.5 Å². The maximum Gasteiger partial charge on any atom is 0.241 e. The van der Waals surface area contributed by atoms with Crippen molar-refractivity contribution < 1.29 is 13.5 Å². The normalized spacial score (nSPS) is 15.5.